The lowest BCUT2D eigenvalue weighted by atomic mass is 9.69. The van der Waals surface area contributed by atoms with E-state index in [-0.39, 0.29) is 10.8 Å². The van der Waals surface area contributed by atoms with Gasteiger partial charge in [-0.15, -0.1) is 0 Å². The normalized spacial score (nSPS) is 15.8. The molecular formula is C38H44. The summed E-state index contributed by atoms with van der Waals surface area (Å²) in [6.07, 6.45) is 9.69. The molecule has 196 valence electrons. The molecule has 0 spiro atoms. The van der Waals surface area contributed by atoms with E-state index in [9.17, 15) is 0 Å². The van der Waals surface area contributed by atoms with E-state index < -0.39 is 0 Å². The summed E-state index contributed by atoms with van der Waals surface area (Å²) in [5.74, 6) is 0. The Morgan fingerprint density at radius 3 is 1.66 bits per heavy atom. The van der Waals surface area contributed by atoms with Crippen LogP contribution in [0.2, 0.25) is 0 Å². The Kier molecular flexibility index (Phi) is 6.29. The van der Waals surface area contributed by atoms with Crippen LogP contribution >= 0.6 is 0 Å². The fourth-order valence-electron chi connectivity index (χ4n) is 8.66. The number of aryl methyl sites for hydroxylation is 2. The van der Waals surface area contributed by atoms with Gasteiger partial charge in [0, 0.05) is 10.8 Å². The van der Waals surface area contributed by atoms with Gasteiger partial charge in [0.2, 0.25) is 0 Å². The Morgan fingerprint density at radius 2 is 1.03 bits per heavy atom. The van der Waals surface area contributed by atoms with Crippen molar-refractivity contribution in [3.05, 3.63) is 94.0 Å². The summed E-state index contributed by atoms with van der Waals surface area (Å²) in [4.78, 5) is 0. The van der Waals surface area contributed by atoms with Crippen LogP contribution < -0.4 is 0 Å². The second-order valence-corrected chi connectivity index (χ2v) is 12.3. The van der Waals surface area contributed by atoms with Gasteiger partial charge in [0.1, 0.15) is 0 Å². The van der Waals surface area contributed by atoms with Crippen molar-refractivity contribution < 1.29 is 0 Å². The topological polar surface area (TPSA) is 0 Å². The second kappa shape index (κ2) is 9.41. The maximum absolute atomic E-state index is 2.69. The minimum absolute atomic E-state index is 0.101. The highest BCUT2D eigenvalue weighted by molar-refractivity contribution is 6.05. The number of fused-ring (bicyclic) bond motifs is 8. The maximum Gasteiger partial charge on any atom is 0.0215 e. The zero-order chi connectivity index (χ0) is 26.7. The molecule has 6 rings (SSSR count). The van der Waals surface area contributed by atoms with Crippen LogP contribution in [-0.4, -0.2) is 0 Å². The molecule has 0 atom stereocenters. The van der Waals surface area contributed by atoms with Crippen molar-refractivity contribution >= 4 is 10.8 Å². The molecule has 4 aromatic rings. The predicted molar refractivity (Wildman–Crippen MR) is 165 cm³/mol. The van der Waals surface area contributed by atoms with Gasteiger partial charge in [0.05, 0.1) is 0 Å². The average Bonchev–Trinajstić information content (AvgIpc) is 3.31. The number of rotatable bonds is 8. The van der Waals surface area contributed by atoms with Gasteiger partial charge in [0.25, 0.3) is 0 Å². The number of benzene rings is 4. The highest BCUT2D eigenvalue weighted by atomic mass is 14.5. The highest BCUT2D eigenvalue weighted by Gasteiger charge is 2.47. The van der Waals surface area contributed by atoms with Gasteiger partial charge >= 0.3 is 0 Å². The molecule has 0 N–H and O–H groups in total. The summed E-state index contributed by atoms with van der Waals surface area (Å²) >= 11 is 0. The van der Waals surface area contributed by atoms with E-state index in [1.807, 2.05) is 0 Å². The van der Waals surface area contributed by atoms with Gasteiger partial charge in [-0.2, -0.15) is 0 Å². The molecule has 2 aliphatic rings. The first-order chi connectivity index (χ1) is 18.5. The van der Waals surface area contributed by atoms with Crippen LogP contribution in [0.3, 0.4) is 0 Å². The summed E-state index contributed by atoms with van der Waals surface area (Å²) in [7, 11) is 0. The van der Waals surface area contributed by atoms with E-state index in [1.165, 1.54) is 95.5 Å². The first kappa shape index (κ1) is 25.4. The van der Waals surface area contributed by atoms with Crippen molar-refractivity contribution in [1.29, 1.82) is 0 Å². The van der Waals surface area contributed by atoms with Gasteiger partial charge in [-0.05, 0) is 113 Å². The molecule has 0 unspecified atom stereocenters. The molecule has 38 heavy (non-hydrogen) atoms. The summed E-state index contributed by atoms with van der Waals surface area (Å²) < 4.78 is 0. The number of hydrogen-bond donors (Lipinski definition) is 0. The monoisotopic (exact) mass is 500 g/mol. The van der Waals surface area contributed by atoms with E-state index in [0.29, 0.717) is 0 Å². The molecule has 0 heterocycles. The van der Waals surface area contributed by atoms with Gasteiger partial charge < -0.3 is 0 Å². The third kappa shape index (κ3) is 3.35. The zero-order valence-corrected chi connectivity index (χ0v) is 24.4. The number of hydrogen-bond acceptors (Lipinski definition) is 0. The molecule has 4 aromatic carbocycles. The van der Waals surface area contributed by atoms with Crippen LogP contribution in [0.1, 0.15) is 112 Å². The Labute approximate surface area is 230 Å². The van der Waals surface area contributed by atoms with Crippen molar-refractivity contribution in [3.63, 3.8) is 0 Å². The fourth-order valence-corrected chi connectivity index (χ4v) is 8.66. The third-order valence-corrected chi connectivity index (χ3v) is 9.91. The highest BCUT2D eigenvalue weighted by Crippen LogP contribution is 2.61. The first-order valence-electron chi connectivity index (χ1n) is 15.3. The Bertz CT molecular complexity index is 1520. The molecule has 0 nitrogen and oxygen atoms in total. The summed E-state index contributed by atoms with van der Waals surface area (Å²) in [6, 6.07) is 24.4. The lowest BCUT2D eigenvalue weighted by molar-refractivity contribution is 0.431. The van der Waals surface area contributed by atoms with Crippen LogP contribution in [-0.2, 0) is 10.8 Å². The summed E-state index contributed by atoms with van der Waals surface area (Å²) in [5, 5.41) is 2.86. The first-order valence-corrected chi connectivity index (χ1v) is 15.3. The quantitative estimate of drug-likeness (QED) is 0.226. The lowest BCUT2D eigenvalue weighted by Gasteiger charge is -2.34. The van der Waals surface area contributed by atoms with Gasteiger partial charge in [-0.25, -0.2) is 0 Å². The molecular weight excluding hydrogens is 456 g/mol. The van der Waals surface area contributed by atoms with E-state index in [0.717, 1.165) is 0 Å². The summed E-state index contributed by atoms with van der Waals surface area (Å²) in [5.41, 5.74) is 15.5. The fraction of sp³-hybridized carbons (Fsp3) is 0.421. The van der Waals surface area contributed by atoms with Crippen molar-refractivity contribution in [2.75, 3.05) is 0 Å². The second-order valence-electron chi connectivity index (χ2n) is 12.3. The lowest BCUT2D eigenvalue weighted by Crippen LogP contribution is -2.26. The van der Waals surface area contributed by atoms with Crippen LogP contribution in [0.15, 0.2) is 60.7 Å². The summed E-state index contributed by atoms with van der Waals surface area (Å²) in [6.45, 7) is 14.1. The Hall–Kier alpha value is -2.86. The maximum atomic E-state index is 2.69. The standard InChI is InChI=1S/C38H44/c1-7-17-37(18-8-2)32-21-25(5)15-16-28(32)30-23-34-31(24-33(30)37)36-29-14-12-11-13-27(29)26(6)22-35(36)38(34,19-9-3)20-10-4/h11-16,21-24H,7-10,17-20H2,1-6H3. The SMILES string of the molecule is CCCC1(CCC)c2cc(C)ccc2-c2cc3c(cc21)-c1c(cc(C)c2ccccc12)C3(CCC)CCC. The van der Waals surface area contributed by atoms with E-state index >= 15 is 0 Å². The largest absolute Gasteiger partial charge is 0.0653 e. The third-order valence-electron chi connectivity index (χ3n) is 9.91. The molecule has 0 aromatic heterocycles. The molecule has 0 amide bonds. The molecule has 0 aliphatic heterocycles. The molecule has 0 saturated heterocycles. The van der Waals surface area contributed by atoms with Crippen molar-refractivity contribution in [2.24, 2.45) is 0 Å². The predicted octanol–water partition coefficient (Wildman–Crippen LogP) is 11.2. The van der Waals surface area contributed by atoms with Crippen molar-refractivity contribution in [3.8, 4) is 22.3 Å². The minimum Gasteiger partial charge on any atom is -0.0653 e. The van der Waals surface area contributed by atoms with Crippen molar-refractivity contribution in [1.82, 2.24) is 0 Å². The van der Waals surface area contributed by atoms with E-state index in [4.69, 9.17) is 0 Å². The molecule has 0 saturated carbocycles. The van der Waals surface area contributed by atoms with Gasteiger partial charge in [-0.3, -0.25) is 0 Å². The average molecular weight is 501 g/mol. The van der Waals surface area contributed by atoms with E-state index in [1.54, 1.807) is 22.3 Å². The van der Waals surface area contributed by atoms with Crippen molar-refractivity contribution in [2.45, 2.75) is 104 Å². The van der Waals surface area contributed by atoms with Crippen LogP contribution in [0.25, 0.3) is 33.0 Å². The Balaban J connectivity index is 1.75. The van der Waals surface area contributed by atoms with Gasteiger partial charge in [0.15, 0.2) is 0 Å². The Morgan fingerprint density at radius 1 is 0.500 bits per heavy atom. The smallest absolute Gasteiger partial charge is 0.0215 e. The minimum atomic E-state index is 0.101. The molecule has 0 heteroatoms. The van der Waals surface area contributed by atoms with Crippen LogP contribution in [0.4, 0.5) is 0 Å². The van der Waals surface area contributed by atoms with E-state index in [2.05, 4.69) is 102 Å². The molecule has 0 radical (unpaired) electrons. The molecule has 0 fully saturated rings. The molecule has 2 aliphatic carbocycles. The van der Waals surface area contributed by atoms with Crippen LogP contribution in [0, 0.1) is 13.8 Å². The van der Waals surface area contributed by atoms with Gasteiger partial charge in [-0.1, -0.05) is 107 Å². The molecule has 0 bridgehead atoms. The van der Waals surface area contributed by atoms with Crippen LogP contribution in [0.5, 0.6) is 0 Å². The zero-order valence-electron chi connectivity index (χ0n) is 24.4.